The normalized spacial score (nSPS) is 25.4. The highest BCUT2D eigenvalue weighted by molar-refractivity contribution is 5.20. The molecule has 0 spiro atoms. The summed E-state index contributed by atoms with van der Waals surface area (Å²) in [4.78, 5) is 12.4. The number of aryl methyl sites for hydroxylation is 1. The summed E-state index contributed by atoms with van der Waals surface area (Å²) in [5, 5.41) is 13.4. The number of nitrogens with one attached hydrogen (secondary N) is 1. The fourth-order valence-electron chi connectivity index (χ4n) is 3.07. The van der Waals surface area contributed by atoms with Crippen LogP contribution in [0.15, 0.2) is 4.79 Å². The molecule has 0 aromatic carbocycles. The number of aliphatic hydroxyl groups is 1. The van der Waals surface area contributed by atoms with Crippen molar-refractivity contribution in [1.29, 1.82) is 0 Å². The summed E-state index contributed by atoms with van der Waals surface area (Å²) in [7, 11) is 0. The van der Waals surface area contributed by atoms with Gasteiger partial charge in [-0.3, -0.25) is 9.89 Å². The smallest absolute Gasteiger partial charge is 0.270 e. The molecule has 0 bridgehead atoms. The van der Waals surface area contributed by atoms with Gasteiger partial charge >= 0.3 is 0 Å². The van der Waals surface area contributed by atoms with Crippen LogP contribution < -0.4 is 5.56 Å². The maximum atomic E-state index is 12.4. The van der Waals surface area contributed by atoms with Crippen molar-refractivity contribution in [1.82, 2.24) is 9.78 Å². The lowest BCUT2D eigenvalue weighted by Gasteiger charge is -2.20. The average Bonchev–Trinajstić information content (AvgIpc) is 2.47. The molecule has 4 heteroatoms. The van der Waals surface area contributed by atoms with Gasteiger partial charge < -0.3 is 5.11 Å². The predicted molar refractivity (Wildman–Crippen MR) is 72.0 cm³/mol. The quantitative estimate of drug-likeness (QED) is 0.794. The lowest BCUT2D eigenvalue weighted by atomic mass is 10.0. The molecule has 1 aromatic rings. The molecule has 2 N–H and O–H groups in total. The lowest BCUT2D eigenvalue weighted by Crippen LogP contribution is -2.31. The highest BCUT2D eigenvalue weighted by Crippen LogP contribution is 2.27. The van der Waals surface area contributed by atoms with E-state index in [9.17, 15) is 9.90 Å². The Labute approximate surface area is 108 Å². The molecule has 1 aliphatic carbocycles. The van der Waals surface area contributed by atoms with Crippen LogP contribution in [0.5, 0.6) is 0 Å². The number of hydrogen-bond acceptors (Lipinski definition) is 2. The van der Waals surface area contributed by atoms with Crippen molar-refractivity contribution in [2.45, 2.75) is 70.9 Å². The Morgan fingerprint density at radius 3 is 2.56 bits per heavy atom. The Morgan fingerprint density at radius 1 is 1.28 bits per heavy atom. The molecule has 1 saturated carbocycles. The predicted octanol–water partition coefficient (Wildman–Crippen LogP) is 2.47. The average molecular weight is 252 g/mol. The molecule has 102 valence electrons. The van der Waals surface area contributed by atoms with E-state index < -0.39 is 6.10 Å². The van der Waals surface area contributed by atoms with Crippen LogP contribution in [0, 0.1) is 6.92 Å². The van der Waals surface area contributed by atoms with E-state index in [2.05, 4.69) is 5.10 Å². The highest BCUT2D eigenvalue weighted by Gasteiger charge is 2.27. The standard InChI is InChI=1S/C14H24N2O2/c1-9(2)13-10(3)15-16(14(13)18)11-7-5-4-6-8-12(11)17/h9,11-12,15,17H,4-8H2,1-3H3. The molecule has 0 radical (unpaired) electrons. The van der Waals surface area contributed by atoms with Gasteiger partial charge in [0, 0.05) is 11.3 Å². The van der Waals surface area contributed by atoms with E-state index >= 15 is 0 Å². The first-order chi connectivity index (χ1) is 8.52. The van der Waals surface area contributed by atoms with Crippen LogP contribution in [-0.4, -0.2) is 21.0 Å². The molecule has 1 aromatic heterocycles. The van der Waals surface area contributed by atoms with Gasteiger partial charge in [0.1, 0.15) is 0 Å². The van der Waals surface area contributed by atoms with Crippen LogP contribution in [0.4, 0.5) is 0 Å². The van der Waals surface area contributed by atoms with Crippen molar-refractivity contribution in [2.24, 2.45) is 0 Å². The topological polar surface area (TPSA) is 58.0 Å². The van der Waals surface area contributed by atoms with Gasteiger partial charge in [-0.1, -0.05) is 33.1 Å². The molecule has 1 heterocycles. The highest BCUT2D eigenvalue weighted by atomic mass is 16.3. The minimum Gasteiger partial charge on any atom is -0.391 e. The second-order valence-corrected chi connectivity index (χ2v) is 5.75. The van der Waals surface area contributed by atoms with E-state index in [4.69, 9.17) is 0 Å². The fraction of sp³-hybridized carbons (Fsp3) is 0.786. The van der Waals surface area contributed by atoms with Gasteiger partial charge in [-0.15, -0.1) is 0 Å². The summed E-state index contributed by atoms with van der Waals surface area (Å²) in [6.07, 6.45) is 4.58. The third-order valence-electron chi connectivity index (χ3n) is 3.99. The van der Waals surface area contributed by atoms with Crippen LogP contribution in [0.1, 0.15) is 69.2 Å². The Bertz CT molecular complexity index is 459. The Morgan fingerprint density at radius 2 is 1.94 bits per heavy atom. The summed E-state index contributed by atoms with van der Waals surface area (Å²) in [6, 6.07) is -0.0776. The number of aromatic amines is 1. The summed E-state index contributed by atoms with van der Waals surface area (Å²) >= 11 is 0. The molecule has 2 atom stereocenters. The SMILES string of the molecule is Cc1[nH]n(C2CCCCCC2O)c(=O)c1C(C)C. The molecular weight excluding hydrogens is 228 g/mol. The van der Waals surface area contributed by atoms with Crippen molar-refractivity contribution in [3.63, 3.8) is 0 Å². The minimum absolute atomic E-state index is 0.0495. The van der Waals surface area contributed by atoms with E-state index in [0.717, 1.165) is 43.4 Å². The Balaban J connectivity index is 2.38. The van der Waals surface area contributed by atoms with Gasteiger partial charge in [0.25, 0.3) is 5.56 Å². The summed E-state index contributed by atoms with van der Waals surface area (Å²) in [6.45, 7) is 6.01. The van der Waals surface area contributed by atoms with Gasteiger partial charge in [-0.2, -0.15) is 0 Å². The molecule has 1 aliphatic rings. The van der Waals surface area contributed by atoms with Crippen LogP contribution in [-0.2, 0) is 0 Å². The summed E-state index contributed by atoms with van der Waals surface area (Å²) in [5.74, 6) is 0.220. The first-order valence-corrected chi connectivity index (χ1v) is 7.01. The molecule has 18 heavy (non-hydrogen) atoms. The van der Waals surface area contributed by atoms with Crippen LogP contribution in [0.2, 0.25) is 0 Å². The second kappa shape index (κ2) is 5.31. The molecule has 1 fully saturated rings. The number of nitrogens with zero attached hydrogens (tertiary/aromatic N) is 1. The number of hydrogen-bond donors (Lipinski definition) is 2. The van der Waals surface area contributed by atoms with E-state index in [-0.39, 0.29) is 17.5 Å². The molecule has 0 aliphatic heterocycles. The first-order valence-electron chi connectivity index (χ1n) is 7.01. The van der Waals surface area contributed by atoms with Gasteiger partial charge in [0.15, 0.2) is 0 Å². The minimum atomic E-state index is -0.400. The zero-order valence-corrected chi connectivity index (χ0v) is 11.6. The van der Waals surface area contributed by atoms with Crippen LogP contribution in [0.25, 0.3) is 0 Å². The van der Waals surface area contributed by atoms with E-state index in [0.29, 0.717) is 0 Å². The molecular formula is C14H24N2O2. The van der Waals surface area contributed by atoms with Crippen molar-refractivity contribution < 1.29 is 5.11 Å². The monoisotopic (exact) mass is 252 g/mol. The number of rotatable bonds is 2. The third-order valence-corrected chi connectivity index (χ3v) is 3.99. The summed E-state index contributed by atoms with van der Waals surface area (Å²) in [5.41, 5.74) is 1.84. The van der Waals surface area contributed by atoms with E-state index in [1.165, 1.54) is 0 Å². The Hall–Kier alpha value is -1.03. The first kappa shape index (κ1) is 13.4. The van der Waals surface area contributed by atoms with Crippen molar-refractivity contribution >= 4 is 0 Å². The molecule has 0 amide bonds. The van der Waals surface area contributed by atoms with Crippen molar-refractivity contribution in [3.05, 3.63) is 21.6 Å². The van der Waals surface area contributed by atoms with Crippen molar-refractivity contribution in [3.8, 4) is 0 Å². The van der Waals surface area contributed by atoms with Gasteiger partial charge in [-0.05, 0) is 25.7 Å². The largest absolute Gasteiger partial charge is 0.391 e. The maximum absolute atomic E-state index is 12.4. The van der Waals surface area contributed by atoms with Gasteiger partial charge in [0.05, 0.1) is 12.1 Å². The number of aliphatic hydroxyl groups excluding tert-OH is 1. The third kappa shape index (κ3) is 2.39. The lowest BCUT2D eigenvalue weighted by molar-refractivity contribution is 0.0972. The van der Waals surface area contributed by atoms with E-state index in [1.54, 1.807) is 4.68 Å². The van der Waals surface area contributed by atoms with Crippen LogP contribution >= 0.6 is 0 Å². The maximum Gasteiger partial charge on any atom is 0.270 e. The van der Waals surface area contributed by atoms with Crippen LogP contribution in [0.3, 0.4) is 0 Å². The molecule has 0 saturated heterocycles. The molecule has 4 nitrogen and oxygen atoms in total. The number of H-pyrrole nitrogens is 1. The Kier molecular flexibility index (Phi) is 3.95. The summed E-state index contributed by atoms with van der Waals surface area (Å²) < 4.78 is 1.67. The molecule has 2 rings (SSSR count). The number of aromatic nitrogens is 2. The fourth-order valence-corrected chi connectivity index (χ4v) is 3.07. The zero-order chi connectivity index (χ0) is 13.3. The zero-order valence-electron chi connectivity index (χ0n) is 11.6. The van der Waals surface area contributed by atoms with Crippen molar-refractivity contribution in [2.75, 3.05) is 0 Å². The second-order valence-electron chi connectivity index (χ2n) is 5.75. The van der Waals surface area contributed by atoms with Gasteiger partial charge in [-0.25, -0.2) is 4.68 Å². The van der Waals surface area contributed by atoms with Gasteiger partial charge in [0.2, 0.25) is 0 Å². The van der Waals surface area contributed by atoms with E-state index in [1.807, 2.05) is 20.8 Å². The molecule has 2 unspecified atom stereocenters.